The van der Waals surface area contributed by atoms with Gasteiger partial charge in [0.25, 0.3) is 0 Å². The van der Waals surface area contributed by atoms with Crippen molar-refractivity contribution >= 4 is 11.1 Å². The first-order valence-corrected chi connectivity index (χ1v) is 8.28. The molecule has 0 unspecified atom stereocenters. The fourth-order valence-electron chi connectivity index (χ4n) is 2.96. The molecule has 0 radical (unpaired) electrons. The lowest BCUT2D eigenvalue weighted by Gasteiger charge is -2.39. The van der Waals surface area contributed by atoms with Gasteiger partial charge in [0, 0.05) is 12.1 Å². The van der Waals surface area contributed by atoms with E-state index in [0.29, 0.717) is 22.6 Å². The fourth-order valence-corrected chi connectivity index (χ4v) is 2.96. The van der Waals surface area contributed by atoms with E-state index in [2.05, 4.69) is 4.98 Å². The van der Waals surface area contributed by atoms with Crippen LogP contribution in [0, 0.1) is 0 Å². The van der Waals surface area contributed by atoms with Gasteiger partial charge in [-0.3, -0.25) is 4.79 Å². The highest BCUT2D eigenvalue weighted by atomic mass is 16.7. The molecule has 3 aliphatic rings. The Morgan fingerprint density at radius 1 is 1.04 bits per heavy atom. The fraction of sp³-hybridized carbons (Fsp3) is 0.333. The van der Waals surface area contributed by atoms with E-state index in [1.54, 1.807) is 18.2 Å². The molecule has 2 heterocycles. The van der Waals surface area contributed by atoms with Crippen LogP contribution in [0.3, 0.4) is 0 Å². The molecular weight excluding hydrogens is 358 g/mol. The van der Waals surface area contributed by atoms with E-state index in [-0.39, 0.29) is 11.2 Å². The Bertz CT molecular complexity index is 987. The van der Waals surface area contributed by atoms with Gasteiger partial charge in [-0.05, 0) is 24.3 Å². The van der Waals surface area contributed by atoms with Gasteiger partial charge in [0.2, 0.25) is 6.29 Å². The number of nitrogens with zero attached hydrogens (tertiary/aromatic N) is 1. The highest BCUT2D eigenvalue weighted by Gasteiger charge is 2.44. The van der Waals surface area contributed by atoms with E-state index in [4.69, 9.17) is 13.9 Å². The number of rotatable bonds is 3. The van der Waals surface area contributed by atoms with Crippen molar-refractivity contribution in [2.75, 3.05) is 6.61 Å². The zero-order chi connectivity index (χ0) is 19.1. The maximum absolute atomic E-state index is 11.5. The van der Waals surface area contributed by atoms with Crippen molar-refractivity contribution in [1.29, 1.82) is 0 Å². The summed E-state index contributed by atoms with van der Waals surface area (Å²) in [5, 5.41) is 38.9. The predicted octanol–water partition coefficient (Wildman–Crippen LogP) is -0.529. The van der Waals surface area contributed by atoms with Crippen LogP contribution in [-0.2, 0) is 4.74 Å². The topological polar surface area (TPSA) is 142 Å². The third kappa shape index (κ3) is 3.27. The highest BCUT2D eigenvalue weighted by molar-refractivity contribution is 5.77. The van der Waals surface area contributed by atoms with Gasteiger partial charge in [0.05, 0.1) is 6.61 Å². The highest BCUT2D eigenvalue weighted by Crippen LogP contribution is 2.29. The quantitative estimate of drug-likeness (QED) is 0.444. The summed E-state index contributed by atoms with van der Waals surface area (Å²) in [6.07, 6.45) is -6.90. The molecule has 1 saturated heterocycles. The first-order chi connectivity index (χ1) is 13.0. The maximum Gasteiger partial charge on any atom is 0.229 e. The molecule has 0 bridgehead atoms. The van der Waals surface area contributed by atoms with Crippen LogP contribution < -0.4 is 10.2 Å². The Morgan fingerprint density at radius 2 is 1.85 bits per heavy atom. The number of hydrogen-bond donors (Lipinski definition) is 4. The van der Waals surface area contributed by atoms with Gasteiger partial charge in [-0.2, -0.15) is 0 Å². The monoisotopic (exact) mass is 375 g/mol. The molecule has 0 spiro atoms. The standard InChI is InChI=1S/C18H17NO8/c20-7-14-15(22)16(23)17(24)18(27-14)25-9-2-4-11-13(6-9)26-12-5-8(21)1-3-10(12)19-11/h1-6,14-18,20,22-24H,7H2/t14-,15-,16+,17+,18+/m1/s1. The van der Waals surface area contributed by atoms with Gasteiger partial charge in [-0.1, -0.05) is 0 Å². The van der Waals surface area contributed by atoms with Gasteiger partial charge in [-0.25, -0.2) is 4.98 Å². The van der Waals surface area contributed by atoms with Gasteiger partial charge in [0.1, 0.15) is 41.4 Å². The van der Waals surface area contributed by atoms with Crippen molar-refractivity contribution in [2.45, 2.75) is 30.7 Å². The molecule has 9 nitrogen and oxygen atoms in total. The summed E-state index contributed by atoms with van der Waals surface area (Å²) in [6, 6.07) is 8.99. The molecule has 1 aliphatic carbocycles. The second-order valence-electron chi connectivity index (χ2n) is 6.29. The van der Waals surface area contributed by atoms with Crippen LogP contribution in [0.1, 0.15) is 0 Å². The van der Waals surface area contributed by atoms with Crippen LogP contribution in [0.5, 0.6) is 5.75 Å². The first-order valence-electron chi connectivity index (χ1n) is 8.28. The minimum absolute atomic E-state index is 0.207. The van der Waals surface area contributed by atoms with E-state index in [1.165, 1.54) is 18.2 Å². The lowest BCUT2D eigenvalue weighted by atomic mass is 9.99. The predicted molar refractivity (Wildman–Crippen MR) is 91.3 cm³/mol. The Labute approximate surface area is 152 Å². The van der Waals surface area contributed by atoms with E-state index in [0.717, 1.165) is 0 Å². The SMILES string of the molecule is O=c1ccc2nc3ccc(O[C@H]4O[C@H](CO)[C@@H](O)[C@H](O)[C@@H]4O)cc3oc-2c1. The average Bonchev–Trinajstić information content (AvgIpc) is 2.66. The molecule has 142 valence electrons. The normalized spacial score (nSPS) is 28.5. The summed E-state index contributed by atoms with van der Waals surface area (Å²) in [4.78, 5) is 15.9. The second kappa shape index (κ2) is 6.87. The Morgan fingerprint density at radius 3 is 2.63 bits per heavy atom. The molecule has 0 aromatic heterocycles. The van der Waals surface area contributed by atoms with E-state index < -0.39 is 37.3 Å². The van der Waals surface area contributed by atoms with Crippen LogP contribution in [-0.4, -0.2) is 62.7 Å². The largest absolute Gasteiger partial charge is 0.462 e. The van der Waals surface area contributed by atoms with Crippen LogP contribution in [0.15, 0.2) is 45.6 Å². The molecule has 1 aromatic carbocycles. The van der Waals surface area contributed by atoms with Gasteiger partial charge < -0.3 is 34.3 Å². The molecule has 5 atom stereocenters. The molecule has 27 heavy (non-hydrogen) atoms. The van der Waals surface area contributed by atoms with Crippen molar-refractivity contribution < 1.29 is 34.3 Å². The van der Waals surface area contributed by atoms with Crippen LogP contribution in [0.2, 0.25) is 0 Å². The smallest absolute Gasteiger partial charge is 0.229 e. The number of hydrogen-bond acceptors (Lipinski definition) is 9. The lowest BCUT2D eigenvalue weighted by molar-refractivity contribution is -0.277. The van der Waals surface area contributed by atoms with Crippen molar-refractivity contribution in [1.82, 2.24) is 4.98 Å². The Hall–Kier alpha value is -2.56. The summed E-state index contributed by atoms with van der Waals surface area (Å²) < 4.78 is 16.6. The molecule has 0 saturated carbocycles. The van der Waals surface area contributed by atoms with E-state index >= 15 is 0 Å². The molecule has 2 aliphatic heterocycles. The Balaban J connectivity index is 1.65. The number of ether oxygens (including phenoxy) is 2. The van der Waals surface area contributed by atoms with E-state index in [9.17, 15) is 25.2 Å². The molecule has 0 amide bonds. The molecule has 4 N–H and O–H groups in total. The zero-order valence-corrected chi connectivity index (χ0v) is 13.9. The molecule has 1 aromatic rings. The third-order valence-corrected chi connectivity index (χ3v) is 4.42. The molecule has 4 rings (SSSR count). The van der Waals surface area contributed by atoms with Gasteiger partial charge >= 0.3 is 0 Å². The van der Waals surface area contributed by atoms with Crippen molar-refractivity contribution in [3.8, 4) is 17.2 Å². The minimum atomic E-state index is -1.54. The molecule has 9 heteroatoms. The number of aromatic nitrogens is 1. The van der Waals surface area contributed by atoms with E-state index in [1.807, 2.05) is 0 Å². The lowest BCUT2D eigenvalue weighted by Crippen LogP contribution is -2.60. The van der Waals surface area contributed by atoms with Gasteiger partial charge in [0.15, 0.2) is 16.8 Å². The van der Waals surface area contributed by atoms with Crippen molar-refractivity contribution in [2.24, 2.45) is 0 Å². The summed E-state index contributed by atoms with van der Waals surface area (Å²) >= 11 is 0. The summed E-state index contributed by atoms with van der Waals surface area (Å²) in [7, 11) is 0. The third-order valence-electron chi connectivity index (χ3n) is 4.42. The summed E-state index contributed by atoms with van der Waals surface area (Å²) in [5.74, 6) is 0.565. The summed E-state index contributed by atoms with van der Waals surface area (Å²) in [5.41, 5.74) is 1.20. The number of aliphatic hydroxyl groups excluding tert-OH is 4. The number of aliphatic hydroxyl groups is 4. The summed E-state index contributed by atoms with van der Waals surface area (Å²) in [6.45, 7) is -0.550. The Kier molecular flexibility index (Phi) is 4.54. The average molecular weight is 375 g/mol. The van der Waals surface area contributed by atoms with Gasteiger partial charge in [-0.15, -0.1) is 0 Å². The maximum atomic E-state index is 11.5. The first kappa shape index (κ1) is 17.8. The van der Waals surface area contributed by atoms with Crippen LogP contribution in [0.4, 0.5) is 0 Å². The van der Waals surface area contributed by atoms with Crippen LogP contribution >= 0.6 is 0 Å². The van der Waals surface area contributed by atoms with Crippen LogP contribution in [0.25, 0.3) is 22.6 Å². The van der Waals surface area contributed by atoms with Crippen molar-refractivity contribution in [3.63, 3.8) is 0 Å². The minimum Gasteiger partial charge on any atom is -0.462 e. The molecular formula is C18H17NO8. The molecule has 1 fully saturated rings. The number of fused-ring (bicyclic) bond motifs is 2. The van der Waals surface area contributed by atoms with Crippen molar-refractivity contribution in [3.05, 3.63) is 46.6 Å². The zero-order valence-electron chi connectivity index (χ0n) is 13.9. The second-order valence-corrected chi connectivity index (χ2v) is 6.29. The number of benzene rings is 2.